The predicted molar refractivity (Wildman–Crippen MR) is 85.1 cm³/mol. The number of hydrogen-bond acceptors (Lipinski definition) is 3. The summed E-state index contributed by atoms with van der Waals surface area (Å²) < 4.78 is 5.76. The van der Waals surface area contributed by atoms with Crippen molar-refractivity contribution in [2.45, 2.75) is 6.42 Å². The highest BCUT2D eigenvalue weighted by Gasteiger charge is 2.32. The third kappa shape index (κ3) is 4.01. The molecule has 2 atom stereocenters. The number of hydrogen-bond donors (Lipinski definition) is 1. The van der Waals surface area contributed by atoms with Crippen molar-refractivity contribution in [3.05, 3.63) is 29.3 Å². The van der Waals surface area contributed by atoms with Crippen LogP contribution in [0.5, 0.6) is 5.75 Å². The number of nitrogens with zero attached hydrogens (tertiary/aromatic N) is 1. The van der Waals surface area contributed by atoms with E-state index in [0.717, 1.165) is 35.8 Å². The predicted octanol–water partition coefficient (Wildman–Crippen LogP) is 2.68. The molecule has 0 radical (unpaired) electrons. The Balaban J connectivity index is 0.00000147. The van der Waals surface area contributed by atoms with Gasteiger partial charge < -0.3 is 10.1 Å². The van der Waals surface area contributed by atoms with Gasteiger partial charge in [0.15, 0.2) is 0 Å². The fourth-order valence-corrected chi connectivity index (χ4v) is 3.34. The first-order valence-corrected chi connectivity index (χ1v) is 7.50. The molecule has 1 N–H and O–H groups in total. The van der Waals surface area contributed by atoms with Crippen LogP contribution in [0.3, 0.4) is 0 Å². The summed E-state index contributed by atoms with van der Waals surface area (Å²) in [6.07, 6.45) is 1.33. The third-order valence-corrected chi connectivity index (χ3v) is 4.50. The summed E-state index contributed by atoms with van der Waals surface area (Å²) in [6.45, 7) is 6.59. The van der Waals surface area contributed by atoms with E-state index < -0.39 is 0 Å². The number of halogens is 2. The molecule has 20 heavy (non-hydrogen) atoms. The van der Waals surface area contributed by atoms with Crippen molar-refractivity contribution in [1.29, 1.82) is 0 Å². The third-order valence-electron chi connectivity index (χ3n) is 4.26. The van der Waals surface area contributed by atoms with E-state index in [1.54, 1.807) is 0 Å². The van der Waals surface area contributed by atoms with Gasteiger partial charge in [0.1, 0.15) is 12.4 Å². The first-order chi connectivity index (χ1) is 9.31. The van der Waals surface area contributed by atoms with Gasteiger partial charge in [-0.1, -0.05) is 17.7 Å². The van der Waals surface area contributed by atoms with E-state index in [-0.39, 0.29) is 12.4 Å². The summed E-state index contributed by atoms with van der Waals surface area (Å²) in [6, 6.07) is 7.62. The summed E-state index contributed by atoms with van der Waals surface area (Å²) in [5, 5.41) is 4.23. The standard InChI is InChI=1S/C15H21ClN2O.ClH/c16-14-2-1-3-15(8-14)19-7-6-18-5-4-12-9-17-10-13(12)11-18;/h1-3,8,12-13,17H,4-7,9-11H2;1H. The van der Waals surface area contributed by atoms with Crippen molar-refractivity contribution < 1.29 is 4.74 Å². The van der Waals surface area contributed by atoms with E-state index in [0.29, 0.717) is 0 Å². The summed E-state index contributed by atoms with van der Waals surface area (Å²) in [4.78, 5) is 2.53. The maximum atomic E-state index is 5.94. The smallest absolute Gasteiger partial charge is 0.120 e. The Morgan fingerprint density at radius 1 is 1.30 bits per heavy atom. The average molecular weight is 317 g/mol. The summed E-state index contributed by atoms with van der Waals surface area (Å²) in [5.74, 6) is 2.62. The Hall–Kier alpha value is -0.480. The van der Waals surface area contributed by atoms with Gasteiger partial charge >= 0.3 is 0 Å². The molecule has 2 aliphatic heterocycles. The highest BCUT2D eigenvalue weighted by molar-refractivity contribution is 6.30. The minimum atomic E-state index is 0. The largest absolute Gasteiger partial charge is 0.492 e. The first kappa shape index (κ1) is 15.9. The second-order valence-corrected chi connectivity index (χ2v) is 6.01. The Bertz CT molecular complexity index is 430. The van der Waals surface area contributed by atoms with Gasteiger partial charge in [-0.25, -0.2) is 0 Å². The maximum Gasteiger partial charge on any atom is 0.120 e. The second kappa shape index (κ2) is 7.51. The summed E-state index contributed by atoms with van der Waals surface area (Å²) in [7, 11) is 0. The number of ether oxygens (including phenoxy) is 1. The number of nitrogens with one attached hydrogen (secondary N) is 1. The van der Waals surface area contributed by atoms with Crippen LogP contribution in [0.15, 0.2) is 24.3 Å². The molecule has 1 aromatic rings. The van der Waals surface area contributed by atoms with Crippen LogP contribution in [0.4, 0.5) is 0 Å². The summed E-state index contributed by atoms with van der Waals surface area (Å²) >= 11 is 5.94. The number of rotatable bonds is 4. The Morgan fingerprint density at radius 2 is 2.15 bits per heavy atom. The molecule has 3 nitrogen and oxygen atoms in total. The van der Waals surface area contributed by atoms with Crippen molar-refractivity contribution in [3.8, 4) is 5.75 Å². The van der Waals surface area contributed by atoms with Gasteiger partial charge in [-0.15, -0.1) is 12.4 Å². The van der Waals surface area contributed by atoms with Crippen LogP contribution >= 0.6 is 24.0 Å². The van der Waals surface area contributed by atoms with Gasteiger partial charge in [-0.05, 0) is 56.1 Å². The van der Waals surface area contributed by atoms with E-state index >= 15 is 0 Å². The normalized spacial score (nSPS) is 25.9. The number of fused-ring (bicyclic) bond motifs is 1. The van der Waals surface area contributed by atoms with E-state index in [1.165, 1.54) is 32.6 Å². The molecule has 0 bridgehead atoms. The van der Waals surface area contributed by atoms with E-state index in [4.69, 9.17) is 16.3 Å². The zero-order chi connectivity index (χ0) is 13.1. The molecule has 5 heteroatoms. The number of piperidine rings is 1. The monoisotopic (exact) mass is 316 g/mol. The number of likely N-dealkylation sites (tertiary alicyclic amines) is 1. The molecule has 0 aliphatic carbocycles. The quantitative estimate of drug-likeness (QED) is 0.924. The highest BCUT2D eigenvalue weighted by atomic mass is 35.5. The van der Waals surface area contributed by atoms with Gasteiger partial charge in [-0.2, -0.15) is 0 Å². The molecule has 0 amide bonds. The molecule has 2 heterocycles. The molecule has 1 aromatic carbocycles. The topological polar surface area (TPSA) is 24.5 Å². The summed E-state index contributed by atoms with van der Waals surface area (Å²) in [5.41, 5.74) is 0. The number of benzene rings is 1. The van der Waals surface area contributed by atoms with Crippen LogP contribution in [-0.2, 0) is 0 Å². The van der Waals surface area contributed by atoms with Gasteiger partial charge in [0.25, 0.3) is 0 Å². The van der Waals surface area contributed by atoms with Gasteiger partial charge in [0, 0.05) is 18.1 Å². The van der Waals surface area contributed by atoms with Gasteiger partial charge in [0.05, 0.1) is 0 Å². The molecule has 0 spiro atoms. The van der Waals surface area contributed by atoms with Gasteiger partial charge in [0.2, 0.25) is 0 Å². The maximum absolute atomic E-state index is 5.94. The van der Waals surface area contributed by atoms with Crippen LogP contribution in [0.2, 0.25) is 5.02 Å². The lowest BCUT2D eigenvalue weighted by atomic mass is 9.89. The van der Waals surface area contributed by atoms with Gasteiger partial charge in [-0.3, -0.25) is 4.90 Å². The molecular weight excluding hydrogens is 295 g/mol. The van der Waals surface area contributed by atoms with Crippen molar-refractivity contribution >= 4 is 24.0 Å². The van der Waals surface area contributed by atoms with Crippen LogP contribution in [-0.4, -0.2) is 44.2 Å². The zero-order valence-corrected chi connectivity index (χ0v) is 13.1. The van der Waals surface area contributed by atoms with Crippen LogP contribution in [0, 0.1) is 11.8 Å². The lowest BCUT2D eigenvalue weighted by Gasteiger charge is -2.34. The minimum Gasteiger partial charge on any atom is -0.492 e. The van der Waals surface area contributed by atoms with Crippen molar-refractivity contribution in [3.63, 3.8) is 0 Å². The Labute approximate surface area is 132 Å². The first-order valence-electron chi connectivity index (χ1n) is 7.13. The molecule has 2 fully saturated rings. The molecule has 0 saturated carbocycles. The van der Waals surface area contributed by atoms with Crippen LogP contribution < -0.4 is 10.1 Å². The fraction of sp³-hybridized carbons (Fsp3) is 0.600. The van der Waals surface area contributed by atoms with E-state index in [9.17, 15) is 0 Å². The zero-order valence-electron chi connectivity index (χ0n) is 11.6. The highest BCUT2D eigenvalue weighted by Crippen LogP contribution is 2.26. The van der Waals surface area contributed by atoms with E-state index in [2.05, 4.69) is 10.2 Å². The SMILES string of the molecule is Cl.Clc1cccc(OCCN2CCC3CNCC3C2)c1. The van der Waals surface area contributed by atoms with Crippen molar-refractivity contribution in [2.24, 2.45) is 11.8 Å². The molecule has 2 unspecified atom stereocenters. The molecular formula is C15H22Cl2N2O. The molecule has 112 valence electrons. The molecule has 2 saturated heterocycles. The lowest BCUT2D eigenvalue weighted by molar-refractivity contribution is 0.127. The van der Waals surface area contributed by atoms with E-state index in [1.807, 2.05) is 24.3 Å². The fourth-order valence-electron chi connectivity index (χ4n) is 3.16. The lowest BCUT2D eigenvalue weighted by Crippen LogP contribution is -2.41. The Morgan fingerprint density at radius 3 is 3.00 bits per heavy atom. The molecule has 0 aromatic heterocycles. The average Bonchev–Trinajstić information content (AvgIpc) is 2.86. The Kier molecular flexibility index (Phi) is 5.97. The van der Waals surface area contributed by atoms with Crippen LogP contribution in [0.25, 0.3) is 0 Å². The second-order valence-electron chi connectivity index (χ2n) is 5.57. The van der Waals surface area contributed by atoms with Crippen molar-refractivity contribution in [2.75, 3.05) is 39.3 Å². The molecule has 2 aliphatic rings. The molecule has 3 rings (SSSR count). The van der Waals surface area contributed by atoms with Crippen LogP contribution in [0.1, 0.15) is 6.42 Å². The van der Waals surface area contributed by atoms with Crippen molar-refractivity contribution in [1.82, 2.24) is 10.2 Å². The minimum absolute atomic E-state index is 0.